The quantitative estimate of drug-likeness (QED) is 0.779. The zero-order valence-electron chi connectivity index (χ0n) is 11.8. The SMILES string of the molecule is CCCN(CC1CC1)c1ncc(CNC2CC2)cn1. The molecule has 1 aromatic heterocycles. The number of hydrogen-bond donors (Lipinski definition) is 1. The second-order valence-corrected chi connectivity index (χ2v) is 5.94. The summed E-state index contributed by atoms with van der Waals surface area (Å²) in [6.45, 7) is 5.32. The molecular formula is C15H24N4. The van der Waals surface area contributed by atoms with Gasteiger partial charge < -0.3 is 10.2 Å². The summed E-state index contributed by atoms with van der Waals surface area (Å²) >= 11 is 0. The van der Waals surface area contributed by atoms with Crippen LogP contribution in [-0.4, -0.2) is 29.1 Å². The molecule has 3 rings (SSSR count). The molecule has 104 valence electrons. The van der Waals surface area contributed by atoms with Crippen molar-refractivity contribution in [2.24, 2.45) is 5.92 Å². The van der Waals surface area contributed by atoms with Gasteiger partial charge in [-0.05, 0) is 38.0 Å². The van der Waals surface area contributed by atoms with Crippen molar-refractivity contribution >= 4 is 5.95 Å². The standard InChI is InChI=1S/C15H24N4/c1-2-7-19(11-12-3-4-12)15-17-9-13(10-18-15)8-16-14-5-6-14/h9-10,12,14,16H,2-8,11H2,1H3. The molecule has 0 unspecified atom stereocenters. The molecule has 19 heavy (non-hydrogen) atoms. The van der Waals surface area contributed by atoms with E-state index in [9.17, 15) is 0 Å². The van der Waals surface area contributed by atoms with Gasteiger partial charge in [0.05, 0.1) is 0 Å². The van der Waals surface area contributed by atoms with E-state index in [1.807, 2.05) is 12.4 Å². The van der Waals surface area contributed by atoms with E-state index < -0.39 is 0 Å². The van der Waals surface area contributed by atoms with Crippen LogP contribution in [0, 0.1) is 5.92 Å². The Kier molecular flexibility index (Phi) is 3.97. The lowest BCUT2D eigenvalue weighted by atomic mass is 10.3. The third-order valence-corrected chi connectivity index (χ3v) is 3.82. The smallest absolute Gasteiger partial charge is 0.225 e. The van der Waals surface area contributed by atoms with Crippen molar-refractivity contribution in [1.29, 1.82) is 0 Å². The molecule has 4 heteroatoms. The van der Waals surface area contributed by atoms with E-state index in [1.165, 1.54) is 31.2 Å². The maximum absolute atomic E-state index is 4.55. The number of nitrogens with one attached hydrogen (secondary N) is 1. The van der Waals surface area contributed by atoms with E-state index in [0.717, 1.165) is 44.0 Å². The summed E-state index contributed by atoms with van der Waals surface area (Å²) in [6.07, 6.45) is 10.5. The number of hydrogen-bond acceptors (Lipinski definition) is 4. The van der Waals surface area contributed by atoms with E-state index >= 15 is 0 Å². The van der Waals surface area contributed by atoms with Gasteiger partial charge in [0.1, 0.15) is 0 Å². The van der Waals surface area contributed by atoms with E-state index in [4.69, 9.17) is 0 Å². The molecule has 4 nitrogen and oxygen atoms in total. The Hall–Kier alpha value is -1.16. The number of rotatable bonds is 8. The molecule has 1 heterocycles. The van der Waals surface area contributed by atoms with Gasteiger partial charge in [0.15, 0.2) is 0 Å². The predicted octanol–water partition coefficient (Wildman–Crippen LogP) is 2.36. The molecule has 0 saturated heterocycles. The van der Waals surface area contributed by atoms with Crippen molar-refractivity contribution in [1.82, 2.24) is 15.3 Å². The fourth-order valence-electron chi connectivity index (χ4n) is 2.31. The number of aromatic nitrogens is 2. The summed E-state index contributed by atoms with van der Waals surface area (Å²) in [5.74, 6) is 1.79. The van der Waals surface area contributed by atoms with Crippen LogP contribution in [0.5, 0.6) is 0 Å². The monoisotopic (exact) mass is 260 g/mol. The highest BCUT2D eigenvalue weighted by Gasteiger charge is 2.25. The largest absolute Gasteiger partial charge is 0.341 e. The molecule has 0 spiro atoms. The van der Waals surface area contributed by atoms with E-state index in [2.05, 4.69) is 27.1 Å². The molecule has 2 aliphatic rings. The van der Waals surface area contributed by atoms with Crippen molar-refractivity contribution < 1.29 is 0 Å². The first-order chi connectivity index (χ1) is 9.35. The Labute approximate surface area is 115 Å². The highest BCUT2D eigenvalue weighted by atomic mass is 15.2. The lowest BCUT2D eigenvalue weighted by molar-refractivity contribution is 0.672. The van der Waals surface area contributed by atoms with Crippen LogP contribution in [0.1, 0.15) is 44.6 Å². The third kappa shape index (κ3) is 3.90. The second kappa shape index (κ2) is 5.87. The molecule has 0 atom stereocenters. The zero-order valence-corrected chi connectivity index (χ0v) is 11.8. The predicted molar refractivity (Wildman–Crippen MR) is 77.1 cm³/mol. The van der Waals surface area contributed by atoms with Gasteiger partial charge in [-0.15, -0.1) is 0 Å². The average molecular weight is 260 g/mol. The fraction of sp³-hybridized carbons (Fsp3) is 0.733. The number of anilines is 1. The molecule has 0 radical (unpaired) electrons. The number of nitrogens with zero attached hydrogens (tertiary/aromatic N) is 3. The average Bonchev–Trinajstić information content (AvgIpc) is 3.31. The Bertz CT molecular complexity index is 395. The molecule has 0 amide bonds. The summed E-state index contributed by atoms with van der Waals surface area (Å²) in [4.78, 5) is 11.4. The van der Waals surface area contributed by atoms with Gasteiger partial charge in [0, 0.05) is 43.6 Å². The van der Waals surface area contributed by atoms with Gasteiger partial charge in [-0.1, -0.05) is 6.92 Å². The van der Waals surface area contributed by atoms with Crippen LogP contribution in [0.4, 0.5) is 5.95 Å². The molecule has 2 aliphatic carbocycles. The maximum Gasteiger partial charge on any atom is 0.225 e. The van der Waals surface area contributed by atoms with E-state index in [1.54, 1.807) is 0 Å². The van der Waals surface area contributed by atoms with Crippen molar-refractivity contribution in [3.8, 4) is 0 Å². The first-order valence-electron chi connectivity index (χ1n) is 7.64. The van der Waals surface area contributed by atoms with Crippen molar-refractivity contribution in [3.63, 3.8) is 0 Å². The topological polar surface area (TPSA) is 41.1 Å². The molecule has 1 N–H and O–H groups in total. The Morgan fingerprint density at radius 1 is 1.21 bits per heavy atom. The fourth-order valence-corrected chi connectivity index (χ4v) is 2.31. The van der Waals surface area contributed by atoms with Gasteiger partial charge in [-0.25, -0.2) is 9.97 Å². The van der Waals surface area contributed by atoms with Crippen molar-refractivity contribution in [2.45, 2.75) is 51.6 Å². The summed E-state index contributed by atoms with van der Waals surface area (Å²) in [7, 11) is 0. The van der Waals surface area contributed by atoms with Crippen molar-refractivity contribution in [3.05, 3.63) is 18.0 Å². The van der Waals surface area contributed by atoms with Gasteiger partial charge in [0.2, 0.25) is 5.95 Å². The Morgan fingerprint density at radius 3 is 2.53 bits per heavy atom. The van der Waals surface area contributed by atoms with Crippen LogP contribution in [0.2, 0.25) is 0 Å². The van der Waals surface area contributed by atoms with Crippen LogP contribution < -0.4 is 10.2 Å². The summed E-state index contributed by atoms with van der Waals surface area (Å²) < 4.78 is 0. The summed E-state index contributed by atoms with van der Waals surface area (Å²) in [5, 5.41) is 3.50. The van der Waals surface area contributed by atoms with Crippen LogP contribution >= 0.6 is 0 Å². The molecule has 1 aromatic rings. The zero-order chi connectivity index (χ0) is 13.1. The Morgan fingerprint density at radius 2 is 1.95 bits per heavy atom. The second-order valence-electron chi connectivity index (χ2n) is 5.94. The first kappa shape index (κ1) is 12.9. The molecule has 0 aliphatic heterocycles. The summed E-state index contributed by atoms with van der Waals surface area (Å²) in [6, 6.07) is 0.742. The van der Waals surface area contributed by atoms with Gasteiger partial charge in [-0.2, -0.15) is 0 Å². The van der Waals surface area contributed by atoms with Gasteiger partial charge in [-0.3, -0.25) is 0 Å². The van der Waals surface area contributed by atoms with E-state index in [0.29, 0.717) is 0 Å². The normalized spacial score (nSPS) is 18.6. The van der Waals surface area contributed by atoms with Crippen LogP contribution in [0.25, 0.3) is 0 Å². The third-order valence-electron chi connectivity index (χ3n) is 3.82. The molecule has 2 saturated carbocycles. The molecular weight excluding hydrogens is 236 g/mol. The van der Waals surface area contributed by atoms with Crippen LogP contribution in [0.15, 0.2) is 12.4 Å². The van der Waals surface area contributed by atoms with Gasteiger partial charge in [0.25, 0.3) is 0 Å². The lowest BCUT2D eigenvalue weighted by Crippen LogP contribution is -2.28. The molecule has 2 fully saturated rings. The summed E-state index contributed by atoms with van der Waals surface area (Å²) in [5.41, 5.74) is 1.19. The minimum Gasteiger partial charge on any atom is -0.341 e. The van der Waals surface area contributed by atoms with Crippen LogP contribution in [-0.2, 0) is 6.54 Å². The minimum atomic E-state index is 0.742. The molecule has 0 bridgehead atoms. The minimum absolute atomic E-state index is 0.742. The lowest BCUT2D eigenvalue weighted by Gasteiger charge is -2.21. The van der Waals surface area contributed by atoms with Crippen LogP contribution in [0.3, 0.4) is 0 Å². The Balaban J connectivity index is 1.57. The first-order valence-corrected chi connectivity index (χ1v) is 7.64. The van der Waals surface area contributed by atoms with E-state index in [-0.39, 0.29) is 0 Å². The maximum atomic E-state index is 4.55. The highest BCUT2D eigenvalue weighted by molar-refractivity contribution is 5.30. The van der Waals surface area contributed by atoms with Crippen molar-refractivity contribution in [2.75, 3.05) is 18.0 Å². The highest BCUT2D eigenvalue weighted by Crippen LogP contribution is 2.30. The van der Waals surface area contributed by atoms with Gasteiger partial charge >= 0.3 is 0 Å². The molecule has 0 aromatic carbocycles.